The van der Waals surface area contributed by atoms with Crippen molar-refractivity contribution in [2.24, 2.45) is 5.92 Å². The van der Waals surface area contributed by atoms with Gasteiger partial charge in [0.1, 0.15) is 0 Å². The van der Waals surface area contributed by atoms with Crippen molar-refractivity contribution in [1.29, 1.82) is 5.26 Å². The van der Waals surface area contributed by atoms with E-state index in [0.29, 0.717) is 12.3 Å². The minimum atomic E-state index is -0.649. The average Bonchev–Trinajstić information content (AvgIpc) is 2.31. The van der Waals surface area contributed by atoms with Crippen LogP contribution in [0.5, 0.6) is 0 Å². The van der Waals surface area contributed by atoms with Crippen molar-refractivity contribution in [3.63, 3.8) is 0 Å². The van der Waals surface area contributed by atoms with Crippen LogP contribution in [-0.2, 0) is 0 Å². The lowest BCUT2D eigenvalue weighted by Gasteiger charge is -2.26. The predicted octanol–water partition coefficient (Wildman–Crippen LogP) is 1.84. The van der Waals surface area contributed by atoms with Crippen molar-refractivity contribution in [2.45, 2.75) is 44.6 Å². The van der Waals surface area contributed by atoms with Crippen LogP contribution < -0.4 is 0 Å². The van der Waals surface area contributed by atoms with Gasteiger partial charge in [-0.05, 0) is 18.8 Å². The van der Waals surface area contributed by atoms with Crippen LogP contribution in [0.25, 0.3) is 0 Å². The summed E-state index contributed by atoms with van der Waals surface area (Å²) >= 11 is 0. The van der Waals surface area contributed by atoms with Crippen LogP contribution in [0.1, 0.15) is 39.0 Å². The number of aliphatic hydroxyl groups is 1. The van der Waals surface area contributed by atoms with Crippen molar-refractivity contribution in [2.75, 3.05) is 0 Å². The Hall–Kier alpha value is -0.550. The topological polar surface area (TPSA) is 44.0 Å². The summed E-state index contributed by atoms with van der Waals surface area (Å²) in [4.78, 5) is 0. The van der Waals surface area contributed by atoms with E-state index in [4.69, 9.17) is 5.26 Å². The summed E-state index contributed by atoms with van der Waals surface area (Å²) in [6.45, 7) is 2.08. The van der Waals surface area contributed by atoms with E-state index in [2.05, 4.69) is 13.0 Å². The Balaban J connectivity index is 2.60. The van der Waals surface area contributed by atoms with Gasteiger partial charge >= 0.3 is 0 Å². The van der Waals surface area contributed by atoms with Gasteiger partial charge in [0.05, 0.1) is 18.1 Å². The van der Waals surface area contributed by atoms with E-state index in [-0.39, 0.29) is 0 Å². The first-order valence-electron chi connectivity index (χ1n) is 4.32. The third-order valence-electron chi connectivity index (χ3n) is 2.80. The maximum Gasteiger partial charge on any atom is 0.0805 e. The van der Waals surface area contributed by atoms with Crippen LogP contribution >= 0.6 is 0 Å². The highest BCUT2D eigenvalue weighted by molar-refractivity contribution is 4.97. The molecule has 0 aromatic carbocycles. The fourth-order valence-electron chi connectivity index (χ4n) is 2.08. The van der Waals surface area contributed by atoms with Crippen molar-refractivity contribution in [3.8, 4) is 6.07 Å². The number of rotatable bonds is 2. The minimum absolute atomic E-state index is 0.311. The molecule has 62 valence electrons. The molecule has 0 aliphatic heterocycles. The van der Waals surface area contributed by atoms with E-state index < -0.39 is 5.60 Å². The Morgan fingerprint density at radius 2 is 2.45 bits per heavy atom. The zero-order chi connectivity index (χ0) is 8.32. The number of nitrogens with zero attached hydrogens (tertiary/aromatic N) is 1. The molecule has 1 rings (SSSR count). The zero-order valence-electron chi connectivity index (χ0n) is 7.01. The number of hydrogen-bond acceptors (Lipinski definition) is 2. The maximum absolute atomic E-state index is 9.93. The Bertz CT molecular complexity index is 173. The second kappa shape index (κ2) is 3.23. The summed E-state index contributed by atoms with van der Waals surface area (Å²) in [5.74, 6) is 0.363. The first-order valence-corrected chi connectivity index (χ1v) is 4.32. The fourth-order valence-corrected chi connectivity index (χ4v) is 2.08. The highest BCUT2D eigenvalue weighted by Crippen LogP contribution is 2.39. The molecule has 2 heteroatoms. The zero-order valence-corrected chi connectivity index (χ0v) is 7.01. The van der Waals surface area contributed by atoms with E-state index in [9.17, 15) is 5.11 Å². The lowest BCUT2D eigenvalue weighted by molar-refractivity contribution is 0.00562. The lowest BCUT2D eigenvalue weighted by atomic mass is 9.86. The van der Waals surface area contributed by atoms with Crippen molar-refractivity contribution < 1.29 is 5.11 Å². The van der Waals surface area contributed by atoms with Gasteiger partial charge in [0.2, 0.25) is 0 Å². The second-order valence-corrected chi connectivity index (χ2v) is 3.44. The molecule has 11 heavy (non-hydrogen) atoms. The van der Waals surface area contributed by atoms with Crippen LogP contribution in [-0.4, -0.2) is 10.7 Å². The van der Waals surface area contributed by atoms with Gasteiger partial charge in [-0.25, -0.2) is 0 Å². The highest BCUT2D eigenvalue weighted by Gasteiger charge is 2.39. The van der Waals surface area contributed by atoms with Gasteiger partial charge in [-0.1, -0.05) is 19.8 Å². The van der Waals surface area contributed by atoms with E-state index >= 15 is 0 Å². The molecule has 0 heterocycles. The number of nitriles is 1. The molecule has 1 saturated carbocycles. The molecule has 1 aliphatic carbocycles. The molecule has 1 fully saturated rings. The van der Waals surface area contributed by atoms with Gasteiger partial charge in [-0.15, -0.1) is 0 Å². The maximum atomic E-state index is 9.93. The third-order valence-corrected chi connectivity index (χ3v) is 2.80. The Morgan fingerprint density at radius 1 is 1.73 bits per heavy atom. The van der Waals surface area contributed by atoms with E-state index in [1.54, 1.807) is 0 Å². The first-order chi connectivity index (χ1) is 5.23. The fraction of sp³-hybridized carbons (Fsp3) is 0.889. The summed E-state index contributed by atoms with van der Waals surface area (Å²) in [6, 6.07) is 2.06. The molecule has 0 bridgehead atoms. The van der Waals surface area contributed by atoms with Crippen LogP contribution in [0.4, 0.5) is 0 Å². The summed E-state index contributed by atoms with van der Waals surface area (Å²) in [7, 11) is 0. The average molecular weight is 153 g/mol. The molecule has 1 aliphatic rings. The second-order valence-electron chi connectivity index (χ2n) is 3.44. The van der Waals surface area contributed by atoms with Gasteiger partial charge in [-0.3, -0.25) is 0 Å². The summed E-state index contributed by atoms with van der Waals surface area (Å²) < 4.78 is 0. The van der Waals surface area contributed by atoms with Crippen molar-refractivity contribution in [1.82, 2.24) is 0 Å². The van der Waals surface area contributed by atoms with Crippen molar-refractivity contribution >= 4 is 0 Å². The van der Waals surface area contributed by atoms with E-state index in [1.165, 1.54) is 0 Å². The molecule has 2 unspecified atom stereocenters. The van der Waals surface area contributed by atoms with Crippen LogP contribution in [0.3, 0.4) is 0 Å². The standard InChI is InChI=1S/C9H15NO/c1-2-8-4-3-5-9(8,11)6-7-10/h8,11H,2-6H2,1H3. The van der Waals surface area contributed by atoms with Crippen molar-refractivity contribution in [3.05, 3.63) is 0 Å². The normalized spacial score (nSPS) is 37.0. The molecular weight excluding hydrogens is 138 g/mol. The molecule has 2 nitrogen and oxygen atoms in total. The smallest absolute Gasteiger partial charge is 0.0805 e. The summed E-state index contributed by atoms with van der Waals surface area (Å²) in [5, 5.41) is 18.4. The lowest BCUT2D eigenvalue weighted by Crippen LogP contribution is -2.32. The highest BCUT2D eigenvalue weighted by atomic mass is 16.3. The minimum Gasteiger partial charge on any atom is -0.389 e. The van der Waals surface area contributed by atoms with Gasteiger partial charge < -0.3 is 5.11 Å². The van der Waals surface area contributed by atoms with Crippen LogP contribution in [0.15, 0.2) is 0 Å². The quantitative estimate of drug-likeness (QED) is 0.657. The van der Waals surface area contributed by atoms with Gasteiger partial charge in [0, 0.05) is 0 Å². The van der Waals surface area contributed by atoms with Crippen LogP contribution in [0.2, 0.25) is 0 Å². The Labute approximate surface area is 67.8 Å². The first kappa shape index (κ1) is 8.55. The summed E-state index contributed by atoms with van der Waals surface area (Å²) in [5.41, 5.74) is -0.649. The third kappa shape index (κ3) is 1.54. The Morgan fingerprint density at radius 3 is 3.00 bits per heavy atom. The molecule has 2 atom stereocenters. The molecule has 0 spiro atoms. The van der Waals surface area contributed by atoms with E-state index in [0.717, 1.165) is 25.7 Å². The summed E-state index contributed by atoms with van der Waals surface area (Å²) in [6.07, 6.45) is 4.30. The van der Waals surface area contributed by atoms with Gasteiger partial charge in [0.25, 0.3) is 0 Å². The predicted molar refractivity (Wildman–Crippen MR) is 42.8 cm³/mol. The van der Waals surface area contributed by atoms with Gasteiger partial charge in [0.15, 0.2) is 0 Å². The van der Waals surface area contributed by atoms with Gasteiger partial charge in [-0.2, -0.15) is 5.26 Å². The largest absolute Gasteiger partial charge is 0.389 e. The van der Waals surface area contributed by atoms with Crippen LogP contribution in [0, 0.1) is 17.2 Å². The SMILES string of the molecule is CCC1CCCC1(O)CC#N. The molecular formula is C9H15NO. The monoisotopic (exact) mass is 153 g/mol. The van der Waals surface area contributed by atoms with E-state index in [1.807, 2.05) is 0 Å². The molecule has 0 aromatic heterocycles. The number of hydrogen-bond donors (Lipinski definition) is 1. The molecule has 0 radical (unpaired) electrons. The molecule has 0 aromatic rings. The molecule has 0 amide bonds. The Kier molecular flexibility index (Phi) is 2.51. The molecule has 0 saturated heterocycles. The molecule has 1 N–H and O–H groups in total.